The zero-order valence-electron chi connectivity index (χ0n) is 15.5. The lowest BCUT2D eigenvalue weighted by atomic mass is 10.0. The second kappa shape index (κ2) is 8.69. The highest BCUT2D eigenvalue weighted by atomic mass is 35.5. The lowest BCUT2D eigenvalue weighted by molar-refractivity contribution is 0.0162. The summed E-state index contributed by atoms with van der Waals surface area (Å²) in [6.45, 7) is 3.46. The van der Waals surface area contributed by atoms with Crippen molar-refractivity contribution in [3.63, 3.8) is 0 Å². The molecular weight excluding hydrogens is 374 g/mol. The third-order valence-corrected chi connectivity index (χ3v) is 5.44. The van der Waals surface area contributed by atoms with E-state index in [1.807, 2.05) is 54.6 Å². The first-order chi connectivity index (χ1) is 13.7. The number of hydrogen-bond acceptors (Lipinski definition) is 4. The molecule has 0 radical (unpaired) electrons. The van der Waals surface area contributed by atoms with Crippen molar-refractivity contribution in [1.29, 1.82) is 0 Å². The maximum Gasteiger partial charge on any atom is 0.252 e. The van der Waals surface area contributed by atoms with Crippen molar-refractivity contribution in [2.45, 2.75) is 6.04 Å². The van der Waals surface area contributed by atoms with Crippen LogP contribution in [0.1, 0.15) is 22.0 Å². The topological polar surface area (TPSA) is 54.5 Å². The van der Waals surface area contributed by atoms with Crippen LogP contribution in [0.3, 0.4) is 0 Å². The monoisotopic (exact) mass is 395 g/mol. The lowest BCUT2D eigenvalue weighted by Crippen LogP contribution is -2.44. The number of amides is 1. The third kappa shape index (κ3) is 4.02. The van der Waals surface area contributed by atoms with E-state index in [-0.39, 0.29) is 11.9 Å². The number of aromatic nitrogens is 1. The van der Waals surface area contributed by atoms with Gasteiger partial charge in [-0.1, -0.05) is 41.9 Å². The highest BCUT2D eigenvalue weighted by molar-refractivity contribution is 6.31. The van der Waals surface area contributed by atoms with Gasteiger partial charge in [0.2, 0.25) is 0 Å². The van der Waals surface area contributed by atoms with Gasteiger partial charge in [0.15, 0.2) is 0 Å². The molecule has 1 unspecified atom stereocenters. The van der Waals surface area contributed by atoms with Crippen molar-refractivity contribution in [2.24, 2.45) is 0 Å². The molecule has 1 aliphatic rings. The summed E-state index contributed by atoms with van der Waals surface area (Å²) >= 11 is 6.47. The van der Waals surface area contributed by atoms with Crippen LogP contribution in [0.4, 0.5) is 0 Å². The van der Waals surface area contributed by atoms with Gasteiger partial charge in [-0.25, -0.2) is 0 Å². The van der Waals surface area contributed by atoms with E-state index in [9.17, 15) is 4.79 Å². The molecule has 1 atom stereocenters. The summed E-state index contributed by atoms with van der Waals surface area (Å²) in [6, 6.07) is 17.2. The maximum absolute atomic E-state index is 12.9. The molecule has 0 spiro atoms. The molecule has 28 heavy (non-hydrogen) atoms. The standard InChI is InChI=1S/C22H22ClN3O2/c23-19-8-2-1-5-18(19)21(26-11-13-28-14-12-26)15-25-22(27)17-6-3-9-20-16(17)7-4-10-24-20/h1-10,21H,11-15H2,(H,25,27). The quantitative estimate of drug-likeness (QED) is 0.715. The summed E-state index contributed by atoms with van der Waals surface area (Å²) in [7, 11) is 0. The molecular formula is C22H22ClN3O2. The Hall–Kier alpha value is -2.47. The van der Waals surface area contributed by atoms with E-state index in [2.05, 4.69) is 15.2 Å². The number of benzene rings is 2. The number of pyridine rings is 1. The predicted octanol–water partition coefficient (Wildman–Crippen LogP) is 3.69. The van der Waals surface area contributed by atoms with Crippen molar-refractivity contribution in [3.05, 3.63) is 76.9 Å². The molecule has 1 N–H and O–H groups in total. The Morgan fingerprint density at radius 1 is 1.11 bits per heavy atom. The molecule has 1 fully saturated rings. The highest BCUT2D eigenvalue weighted by Gasteiger charge is 2.25. The van der Waals surface area contributed by atoms with Crippen molar-refractivity contribution in [1.82, 2.24) is 15.2 Å². The molecule has 2 aromatic carbocycles. The highest BCUT2D eigenvalue weighted by Crippen LogP contribution is 2.28. The number of carbonyl (C=O) groups excluding carboxylic acids is 1. The number of ether oxygens (including phenoxy) is 1. The van der Waals surface area contributed by atoms with Crippen molar-refractivity contribution < 1.29 is 9.53 Å². The number of nitrogens with zero attached hydrogens (tertiary/aromatic N) is 2. The minimum Gasteiger partial charge on any atom is -0.379 e. The Labute approximate surface area is 169 Å². The van der Waals surface area contributed by atoms with E-state index in [0.29, 0.717) is 30.3 Å². The summed E-state index contributed by atoms with van der Waals surface area (Å²) in [4.78, 5) is 19.6. The maximum atomic E-state index is 12.9. The molecule has 1 saturated heterocycles. The fraction of sp³-hybridized carbons (Fsp3) is 0.273. The minimum atomic E-state index is -0.107. The van der Waals surface area contributed by atoms with E-state index in [4.69, 9.17) is 16.3 Å². The van der Waals surface area contributed by atoms with Crippen LogP contribution < -0.4 is 5.32 Å². The second-order valence-electron chi connectivity index (χ2n) is 6.77. The van der Waals surface area contributed by atoms with Crippen LogP contribution in [0.15, 0.2) is 60.8 Å². The molecule has 6 heteroatoms. The summed E-state index contributed by atoms with van der Waals surface area (Å²) in [5.74, 6) is -0.107. The van der Waals surface area contributed by atoms with Crippen LogP contribution in [0.25, 0.3) is 10.9 Å². The summed E-state index contributed by atoms with van der Waals surface area (Å²) in [5, 5.41) is 4.67. The van der Waals surface area contributed by atoms with E-state index >= 15 is 0 Å². The van der Waals surface area contributed by atoms with Crippen LogP contribution in [0, 0.1) is 0 Å². The smallest absolute Gasteiger partial charge is 0.252 e. The molecule has 144 valence electrons. The van der Waals surface area contributed by atoms with E-state index in [0.717, 1.165) is 29.6 Å². The van der Waals surface area contributed by atoms with Crippen LogP contribution in [0.2, 0.25) is 5.02 Å². The minimum absolute atomic E-state index is 0.00495. The average Bonchev–Trinajstić information content (AvgIpc) is 2.75. The van der Waals surface area contributed by atoms with Crippen LogP contribution in [-0.2, 0) is 4.74 Å². The first-order valence-corrected chi connectivity index (χ1v) is 9.80. The predicted molar refractivity (Wildman–Crippen MR) is 111 cm³/mol. The van der Waals surface area contributed by atoms with Gasteiger partial charge in [-0.3, -0.25) is 14.7 Å². The molecule has 2 heterocycles. The number of morpholine rings is 1. The Bertz CT molecular complexity index is 967. The van der Waals surface area contributed by atoms with E-state index in [1.54, 1.807) is 6.20 Å². The largest absolute Gasteiger partial charge is 0.379 e. The molecule has 0 aliphatic carbocycles. The number of carbonyl (C=O) groups is 1. The number of fused-ring (bicyclic) bond motifs is 1. The lowest BCUT2D eigenvalue weighted by Gasteiger charge is -2.35. The van der Waals surface area contributed by atoms with E-state index < -0.39 is 0 Å². The number of nitrogens with one attached hydrogen (secondary N) is 1. The SMILES string of the molecule is O=C(NCC(c1ccccc1Cl)N1CCOCC1)c1cccc2ncccc12. The van der Waals surface area contributed by atoms with Gasteiger partial charge in [0.1, 0.15) is 0 Å². The fourth-order valence-electron chi connectivity index (χ4n) is 3.66. The normalized spacial score (nSPS) is 16.0. The first-order valence-electron chi connectivity index (χ1n) is 9.42. The zero-order chi connectivity index (χ0) is 19.3. The van der Waals surface area contributed by atoms with Gasteiger partial charge in [-0.05, 0) is 29.8 Å². The van der Waals surface area contributed by atoms with Crippen LogP contribution >= 0.6 is 11.6 Å². The Balaban J connectivity index is 1.57. The van der Waals surface area contributed by atoms with Gasteiger partial charge < -0.3 is 10.1 Å². The van der Waals surface area contributed by atoms with Gasteiger partial charge >= 0.3 is 0 Å². The Morgan fingerprint density at radius 3 is 2.75 bits per heavy atom. The molecule has 1 aliphatic heterocycles. The summed E-state index contributed by atoms with van der Waals surface area (Å²) in [6.07, 6.45) is 1.73. The van der Waals surface area contributed by atoms with Crippen molar-refractivity contribution >= 4 is 28.4 Å². The molecule has 1 aromatic heterocycles. The van der Waals surface area contributed by atoms with E-state index in [1.165, 1.54) is 0 Å². The molecule has 0 saturated carbocycles. The Kier molecular flexibility index (Phi) is 5.86. The number of hydrogen-bond donors (Lipinski definition) is 1. The van der Waals surface area contributed by atoms with Gasteiger partial charge in [0, 0.05) is 41.8 Å². The molecule has 0 bridgehead atoms. The summed E-state index contributed by atoms with van der Waals surface area (Å²) in [5.41, 5.74) is 2.46. The van der Waals surface area contributed by atoms with Crippen LogP contribution in [-0.4, -0.2) is 48.6 Å². The number of rotatable bonds is 5. The summed E-state index contributed by atoms with van der Waals surface area (Å²) < 4.78 is 5.49. The fourth-order valence-corrected chi connectivity index (χ4v) is 3.92. The zero-order valence-corrected chi connectivity index (χ0v) is 16.2. The first kappa shape index (κ1) is 18.9. The van der Waals surface area contributed by atoms with Gasteiger partial charge in [-0.2, -0.15) is 0 Å². The molecule has 5 nitrogen and oxygen atoms in total. The third-order valence-electron chi connectivity index (χ3n) is 5.10. The van der Waals surface area contributed by atoms with Crippen molar-refractivity contribution in [2.75, 3.05) is 32.8 Å². The van der Waals surface area contributed by atoms with Gasteiger partial charge in [0.25, 0.3) is 5.91 Å². The Morgan fingerprint density at radius 2 is 1.93 bits per heavy atom. The molecule has 3 aromatic rings. The van der Waals surface area contributed by atoms with Crippen molar-refractivity contribution in [3.8, 4) is 0 Å². The van der Waals surface area contributed by atoms with Gasteiger partial charge in [0.05, 0.1) is 24.8 Å². The molecule has 4 rings (SSSR count). The van der Waals surface area contributed by atoms with Crippen LogP contribution in [0.5, 0.6) is 0 Å². The second-order valence-corrected chi connectivity index (χ2v) is 7.18. The number of halogens is 1. The molecule has 1 amide bonds. The van der Waals surface area contributed by atoms with Gasteiger partial charge in [-0.15, -0.1) is 0 Å². The average molecular weight is 396 g/mol.